The van der Waals surface area contributed by atoms with Crippen LogP contribution in [0.25, 0.3) is 11.2 Å². The Morgan fingerprint density at radius 2 is 1.85 bits per heavy atom. The van der Waals surface area contributed by atoms with Crippen LogP contribution in [0.4, 0.5) is 5.82 Å². The number of anilines is 1. The van der Waals surface area contributed by atoms with Gasteiger partial charge < -0.3 is 10.0 Å². The summed E-state index contributed by atoms with van der Waals surface area (Å²) in [5.74, 6) is 0.972. The number of piperazine rings is 1. The molecule has 0 saturated carbocycles. The van der Waals surface area contributed by atoms with Crippen molar-refractivity contribution in [1.29, 1.82) is 0 Å². The Bertz CT molecular complexity index is 568. The van der Waals surface area contributed by atoms with Crippen LogP contribution in [0.1, 0.15) is 6.42 Å². The third-order valence-corrected chi connectivity index (χ3v) is 3.65. The van der Waals surface area contributed by atoms with Gasteiger partial charge in [0.05, 0.1) is 0 Å². The van der Waals surface area contributed by atoms with Crippen molar-refractivity contribution in [2.75, 3.05) is 44.2 Å². The van der Waals surface area contributed by atoms with Crippen molar-refractivity contribution in [2.45, 2.75) is 6.42 Å². The second-order valence-corrected chi connectivity index (χ2v) is 4.97. The number of hydrogen-bond donors (Lipinski definition) is 1. The zero-order valence-corrected chi connectivity index (χ0v) is 11.4. The molecular formula is C14H19N5O. The van der Waals surface area contributed by atoms with Crippen LogP contribution in [0.15, 0.2) is 24.5 Å². The summed E-state index contributed by atoms with van der Waals surface area (Å²) in [6.45, 7) is 5.20. The molecule has 3 heterocycles. The van der Waals surface area contributed by atoms with Gasteiger partial charge in [-0.05, 0) is 18.6 Å². The fourth-order valence-corrected chi connectivity index (χ4v) is 2.52. The van der Waals surface area contributed by atoms with Gasteiger partial charge in [0.25, 0.3) is 0 Å². The van der Waals surface area contributed by atoms with Crippen molar-refractivity contribution >= 4 is 17.0 Å². The molecule has 1 N–H and O–H groups in total. The van der Waals surface area contributed by atoms with E-state index < -0.39 is 0 Å². The van der Waals surface area contributed by atoms with Gasteiger partial charge in [0.1, 0.15) is 11.3 Å². The van der Waals surface area contributed by atoms with Gasteiger partial charge >= 0.3 is 0 Å². The SMILES string of the molecule is OCCCN1CCN(c2ccc3nccnc3n2)CC1. The first-order chi connectivity index (χ1) is 9.86. The van der Waals surface area contributed by atoms with Crippen LogP contribution in [0, 0.1) is 0 Å². The van der Waals surface area contributed by atoms with Gasteiger partial charge in [-0.25, -0.2) is 9.97 Å². The minimum Gasteiger partial charge on any atom is -0.396 e. The number of aromatic nitrogens is 3. The largest absolute Gasteiger partial charge is 0.396 e. The zero-order valence-electron chi connectivity index (χ0n) is 11.4. The van der Waals surface area contributed by atoms with Crippen LogP contribution in [-0.4, -0.2) is 64.3 Å². The average molecular weight is 273 g/mol. The van der Waals surface area contributed by atoms with Crippen LogP contribution in [-0.2, 0) is 0 Å². The van der Waals surface area contributed by atoms with E-state index in [2.05, 4.69) is 24.8 Å². The highest BCUT2D eigenvalue weighted by Gasteiger charge is 2.17. The molecule has 106 valence electrons. The molecule has 2 aromatic rings. The number of hydrogen-bond acceptors (Lipinski definition) is 6. The molecule has 0 aromatic carbocycles. The van der Waals surface area contributed by atoms with Crippen LogP contribution in [0.3, 0.4) is 0 Å². The van der Waals surface area contributed by atoms with Gasteiger partial charge in [0.2, 0.25) is 0 Å². The predicted octanol–water partition coefficient (Wildman–Crippen LogP) is 0.529. The fraction of sp³-hybridized carbons (Fsp3) is 0.500. The van der Waals surface area contributed by atoms with E-state index in [1.54, 1.807) is 12.4 Å². The van der Waals surface area contributed by atoms with E-state index in [1.807, 2.05) is 12.1 Å². The van der Waals surface area contributed by atoms with Gasteiger partial charge in [-0.2, -0.15) is 0 Å². The third-order valence-electron chi connectivity index (χ3n) is 3.65. The fourth-order valence-electron chi connectivity index (χ4n) is 2.52. The molecule has 1 saturated heterocycles. The molecule has 20 heavy (non-hydrogen) atoms. The second-order valence-electron chi connectivity index (χ2n) is 4.97. The van der Waals surface area contributed by atoms with Gasteiger partial charge in [0.15, 0.2) is 5.65 Å². The summed E-state index contributed by atoms with van der Waals surface area (Å²) in [6.07, 6.45) is 4.21. The first-order valence-corrected chi connectivity index (χ1v) is 7.03. The highest BCUT2D eigenvalue weighted by Crippen LogP contribution is 2.16. The molecule has 2 aromatic heterocycles. The van der Waals surface area contributed by atoms with E-state index >= 15 is 0 Å². The van der Waals surface area contributed by atoms with Crippen molar-refractivity contribution in [3.8, 4) is 0 Å². The van der Waals surface area contributed by atoms with E-state index in [9.17, 15) is 0 Å². The van der Waals surface area contributed by atoms with Gasteiger partial charge in [-0.15, -0.1) is 0 Å². The Morgan fingerprint density at radius 1 is 1.05 bits per heavy atom. The standard InChI is InChI=1S/C14H19N5O/c20-11-1-6-18-7-9-19(10-8-18)13-3-2-12-14(17-13)16-5-4-15-12/h2-5,20H,1,6-11H2. The van der Waals surface area contributed by atoms with E-state index in [1.165, 1.54) is 0 Å². The summed E-state index contributed by atoms with van der Waals surface area (Å²) < 4.78 is 0. The Kier molecular flexibility index (Phi) is 4.03. The highest BCUT2D eigenvalue weighted by molar-refractivity contribution is 5.71. The van der Waals surface area contributed by atoms with E-state index in [0.29, 0.717) is 5.65 Å². The molecule has 0 unspecified atom stereocenters. The minimum absolute atomic E-state index is 0.269. The summed E-state index contributed by atoms with van der Waals surface area (Å²) in [4.78, 5) is 17.7. The minimum atomic E-state index is 0.269. The van der Waals surface area contributed by atoms with Crippen molar-refractivity contribution < 1.29 is 5.11 Å². The maximum absolute atomic E-state index is 8.87. The third kappa shape index (κ3) is 2.86. The first kappa shape index (κ1) is 13.2. The van der Waals surface area contributed by atoms with Crippen molar-refractivity contribution in [1.82, 2.24) is 19.9 Å². The lowest BCUT2D eigenvalue weighted by atomic mass is 10.3. The van der Waals surface area contributed by atoms with Crippen molar-refractivity contribution in [3.63, 3.8) is 0 Å². The molecule has 1 fully saturated rings. The van der Waals surface area contributed by atoms with Crippen LogP contribution in [0.5, 0.6) is 0 Å². The monoisotopic (exact) mass is 273 g/mol. The molecule has 0 atom stereocenters. The predicted molar refractivity (Wildman–Crippen MR) is 77.7 cm³/mol. The van der Waals surface area contributed by atoms with Crippen LogP contribution in [0.2, 0.25) is 0 Å². The number of aliphatic hydroxyl groups excluding tert-OH is 1. The Balaban J connectivity index is 1.67. The van der Waals surface area contributed by atoms with Gasteiger partial charge in [0, 0.05) is 51.7 Å². The molecule has 0 bridgehead atoms. The number of aliphatic hydroxyl groups is 1. The smallest absolute Gasteiger partial charge is 0.180 e. The topological polar surface area (TPSA) is 65.4 Å². The van der Waals surface area contributed by atoms with Crippen LogP contribution < -0.4 is 4.90 Å². The highest BCUT2D eigenvalue weighted by atomic mass is 16.3. The van der Waals surface area contributed by atoms with E-state index in [-0.39, 0.29) is 6.61 Å². The summed E-state index contributed by atoms with van der Waals surface area (Å²) in [5.41, 5.74) is 1.53. The summed E-state index contributed by atoms with van der Waals surface area (Å²) in [5, 5.41) is 8.87. The lowest BCUT2D eigenvalue weighted by Crippen LogP contribution is -2.47. The normalized spacial score (nSPS) is 16.8. The van der Waals surface area contributed by atoms with Gasteiger partial charge in [-0.1, -0.05) is 0 Å². The number of rotatable bonds is 4. The Hall–Kier alpha value is -1.79. The maximum Gasteiger partial charge on any atom is 0.180 e. The molecule has 1 aliphatic rings. The Labute approximate surface area is 118 Å². The molecule has 1 aliphatic heterocycles. The molecule has 3 rings (SSSR count). The summed E-state index contributed by atoms with van der Waals surface area (Å²) >= 11 is 0. The first-order valence-electron chi connectivity index (χ1n) is 7.03. The number of nitrogens with zero attached hydrogens (tertiary/aromatic N) is 5. The molecular weight excluding hydrogens is 254 g/mol. The quantitative estimate of drug-likeness (QED) is 0.876. The maximum atomic E-state index is 8.87. The Morgan fingerprint density at radius 3 is 2.65 bits per heavy atom. The molecule has 0 amide bonds. The molecule has 0 spiro atoms. The van der Waals surface area contributed by atoms with E-state index in [4.69, 9.17) is 5.11 Å². The lowest BCUT2D eigenvalue weighted by Gasteiger charge is -2.35. The number of fused-ring (bicyclic) bond motifs is 1. The van der Waals surface area contributed by atoms with Crippen molar-refractivity contribution in [3.05, 3.63) is 24.5 Å². The van der Waals surface area contributed by atoms with Crippen LogP contribution >= 0.6 is 0 Å². The molecule has 6 nitrogen and oxygen atoms in total. The summed E-state index contributed by atoms with van der Waals surface area (Å²) in [7, 11) is 0. The second kappa shape index (κ2) is 6.11. The zero-order chi connectivity index (χ0) is 13.8. The van der Waals surface area contributed by atoms with Gasteiger partial charge in [-0.3, -0.25) is 9.88 Å². The molecule has 6 heteroatoms. The molecule has 0 radical (unpaired) electrons. The lowest BCUT2D eigenvalue weighted by molar-refractivity contribution is 0.215. The summed E-state index contributed by atoms with van der Waals surface area (Å²) in [6, 6.07) is 3.99. The molecule has 0 aliphatic carbocycles. The number of pyridine rings is 1. The average Bonchev–Trinajstić information content (AvgIpc) is 2.53. The van der Waals surface area contributed by atoms with Crippen molar-refractivity contribution in [2.24, 2.45) is 0 Å². The van der Waals surface area contributed by atoms with E-state index in [0.717, 1.165) is 50.5 Å².